The third kappa shape index (κ3) is 3.87. The van der Waals surface area contributed by atoms with E-state index in [1.54, 1.807) is 11.6 Å². The van der Waals surface area contributed by atoms with Crippen molar-refractivity contribution >= 4 is 11.6 Å². The molecule has 2 N–H and O–H groups in total. The Hall–Kier alpha value is -2.95. The van der Waals surface area contributed by atoms with Crippen molar-refractivity contribution in [2.75, 3.05) is 11.9 Å². The van der Waals surface area contributed by atoms with E-state index in [9.17, 15) is 10.1 Å². The molecule has 1 heterocycles. The summed E-state index contributed by atoms with van der Waals surface area (Å²) in [6.45, 7) is 7.55. The summed E-state index contributed by atoms with van der Waals surface area (Å²) >= 11 is 0. The highest BCUT2D eigenvalue weighted by molar-refractivity contribution is 5.82. The number of hydrogen-bond acceptors (Lipinski definition) is 6. The van der Waals surface area contributed by atoms with Crippen LogP contribution in [0.1, 0.15) is 26.3 Å². The molecule has 0 aliphatic heterocycles. The third-order valence-corrected chi connectivity index (χ3v) is 4.03. The summed E-state index contributed by atoms with van der Waals surface area (Å²) in [6, 6.07) is 7.80. The quantitative estimate of drug-likeness (QED) is 0.831. The lowest BCUT2D eigenvalue weighted by atomic mass is 9.90. The number of aromatic nitrogens is 4. The van der Waals surface area contributed by atoms with Gasteiger partial charge in [-0.3, -0.25) is 4.79 Å². The number of nitrogens with one attached hydrogen (secondary N) is 2. The van der Waals surface area contributed by atoms with E-state index in [0.717, 1.165) is 16.9 Å². The topological polar surface area (TPSA) is 109 Å². The minimum absolute atomic E-state index is 0.0178. The number of nitriles is 1. The number of nitrogens with zero attached hydrogens (tertiary/aromatic N) is 5. The summed E-state index contributed by atoms with van der Waals surface area (Å²) in [5.41, 5.74) is 1.77. The number of tetrazole rings is 1. The summed E-state index contributed by atoms with van der Waals surface area (Å²) in [5.74, 6) is -0.209. The van der Waals surface area contributed by atoms with E-state index >= 15 is 0 Å². The molecule has 1 aromatic carbocycles. The van der Waals surface area contributed by atoms with E-state index in [0.29, 0.717) is 0 Å². The Kier molecular flexibility index (Phi) is 5.14. The molecular formula is C16H21N7O. The predicted molar refractivity (Wildman–Crippen MR) is 89.4 cm³/mol. The number of carbonyl (C=O) groups is 1. The van der Waals surface area contributed by atoms with Crippen LogP contribution in [0, 0.1) is 24.2 Å². The standard InChI is InChI=1S/C16H21N7O/c1-11(2)16(4,9-17)20-15(24)8-18-13-5-6-14(12(3)7-13)23-10-19-21-22-23/h5-7,10-11,18H,8H2,1-4H3,(H,20,24)/t16-/m1/s1. The molecule has 0 saturated carbocycles. The van der Waals surface area contributed by atoms with Crippen molar-refractivity contribution in [2.24, 2.45) is 5.92 Å². The first-order valence-corrected chi connectivity index (χ1v) is 7.66. The number of anilines is 1. The van der Waals surface area contributed by atoms with Crippen molar-refractivity contribution in [2.45, 2.75) is 33.2 Å². The second-order valence-corrected chi connectivity index (χ2v) is 6.13. The molecule has 1 aromatic heterocycles. The number of aryl methyl sites for hydroxylation is 1. The second kappa shape index (κ2) is 7.08. The van der Waals surface area contributed by atoms with Crippen LogP contribution in [0.4, 0.5) is 5.69 Å². The van der Waals surface area contributed by atoms with Gasteiger partial charge < -0.3 is 10.6 Å². The Balaban J connectivity index is 1.99. The summed E-state index contributed by atoms with van der Waals surface area (Å²) in [6.07, 6.45) is 1.53. The minimum Gasteiger partial charge on any atom is -0.376 e. The molecule has 1 atom stereocenters. The monoisotopic (exact) mass is 327 g/mol. The maximum absolute atomic E-state index is 12.1. The highest BCUT2D eigenvalue weighted by Crippen LogP contribution is 2.18. The highest BCUT2D eigenvalue weighted by Gasteiger charge is 2.29. The number of carbonyl (C=O) groups excluding carboxylic acids is 1. The molecule has 24 heavy (non-hydrogen) atoms. The largest absolute Gasteiger partial charge is 0.376 e. The molecule has 2 rings (SSSR count). The van der Waals surface area contributed by atoms with Crippen molar-refractivity contribution in [3.05, 3.63) is 30.1 Å². The molecule has 8 nitrogen and oxygen atoms in total. The lowest BCUT2D eigenvalue weighted by Crippen LogP contribution is -2.50. The van der Waals surface area contributed by atoms with Gasteiger partial charge in [0.05, 0.1) is 18.3 Å². The van der Waals surface area contributed by atoms with Gasteiger partial charge in [-0.2, -0.15) is 5.26 Å². The SMILES string of the molecule is Cc1cc(NCC(=O)N[C@](C)(C#N)C(C)C)ccc1-n1cnnn1. The molecule has 0 aliphatic carbocycles. The van der Waals surface area contributed by atoms with Crippen LogP contribution in [0.25, 0.3) is 5.69 Å². The van der Waals surface area contributed by atoms with E-state index in [-0.39, 0.29) is 18.4 Å². The maximum Gasteiger partial charge on any atom is 0.240 e. The normalized spacial score (nSPS) is 13.2. The molecule has 126 valence electrons. The number of rotatable bonds is 6. The van der Waals surface area contributed by atoms with Crippen molar-refractivity contribution < 1.29 is 4.79 Å². The van der Waals surface area contributed by atoms with E-state index in [1.165, 1.54) is 6.33 Å². The van der Waals surface area contributed by atoms with Crippen LogP contribution in [0.3, 0.4) is 0 Å². The van der Waals surface area contributed by atoms with E-state index in [1.807, 2.05) is 39.0 Å². The van der Waals surface area contributed by atoms with Crippen molar-refractivity contribution in [3.8, 4) is 11.8 Å². The molecule has 1 amide bonds. The lowest BCUT2D eigenvalue weighted by molar-refractivity contribution is -0.121. The molecule has 0 spiro atoms. The van der Waals surface area contributed by atoms with Crippen LogP contribution in [0.2, 0.25) is 0 Å². The minimum atomic E-state index is -0.876. The van der Waals surface area contributed by atoms with Gasteiger partial charge in [-0.25, -0.2) is 4.68 Å². The molecule has 0 saturated heterocycles. The van der Waals surface area contributed by atoms with Gasteiger partial charge in [0.1, 0.15) is 11.9 Å². The molecule has 0 fully saturated rings. The first-order chi connectivity index (χ1) is 11.4. The number of hydrogen-bond donors (Lipinski definition) is 2. The lowest BCUT2D eigenvalue weighted by Gasteiger charge is -2.27. The predicted octanol–water partition coefficient (Wildman–Crippen LogP) is 1.44. The van der Waals surface area contributed by atoms with Crippen LogP contribution >= 0.6 is 0 Å². The van der Waals surface area contributed by atoms with Crippen molar-refractivity contribution in [1.29, 1.82) is 5.26 Å². The average Bonchev–Trinajstić information content (AvgIpc) is 3.06. The fourth-order valence-corrected chi connectivity index (χ4v) is 2.11. The molecule has 0 unspecified atom stereocenters. The zero-order valence-corrected chi connectivity index (χ0v) is 14.2. The molecule has 0 bridgehead atoms. The second-order valence-electron chi connectivity index (χ2n) is 6.13. The van der Waals surface area contributed by atoms with Crippen LogP contribution in [-0.4, -0.2) is 38.2 Å². The zero-order chi connectivity index (χ0) is 17.7. The molecule has 8 heteroatoms. The van der Waals surface area contributed by atoms with Gasteiger partial charge in [0.15, 0.2) is 0 Å². The van der Waals surface area contributed by atoms with Gasteiger partial charge in [0, 0.05) is 5.69 Å². The van der Waals surface area contributed by atoms with Crippen molar-refractivity contribution in [3.63, 3.8) is 0 Å². The first kappa shape index (κ1) is 17.4. The van der Waals surface area contributed by atoms with Gasteiger partial charge in [0.2, 0.25) is 5.91 Å². The summed E-state index contributed by atoms with van der Waals surface area (Å²) in [4.78, 5) is 12.1. The Morgan fingerprint density at radius 2 is 2.21 bits per heavy atom. The highest BCUT2D eigenvalue weighted by atomic mass is 16.2. The number of amides is 1. The Labute approximate surface area is 140 Å². The summed E-state index contributed by atoms with van der Waals surface area (Å²) in [7, 11) is 0. The summed E-state index contributed by atoms with van der Waals surface area (Å²) < 4.78 is 1.58. The van der Waals surface area contributed by atoms with Crippen LogP contribution in [-0.2, 0) is 4.79 Å². The van der Waals surface area contributed by atoms with Crippen LogP contribution in [0.15, 0.2) is 24.5 Å². The zero-order valence-electron chi connectivity index (χ0n) is 14.2. The van der Waals surface area contributed by atoms with Gasteiger partial charge in [-0.1, -0.05) is 13.8 Å². The first-order valence-electron chi connectivity index (χ1n) is 7.66. The number of benzene rings is 1. The Morgan fingerprint density at radius 3 is 2.75 bits per heavy atom. The molecule has 2 aromatic rings. The van der Waals surface area contributed by atoms with Crippen LogP contribution < -0.4 is 10.6 Å². The molecule has 0 radical (unpaired) electrons. The maximum atomic E-state index is 12.1. The van der Waals surface area contributed by atoms with Crippen LogP contribution in [0.5, 0.6) is 0 Å². The Bertz CT molecular complexity index is 748. The van der Waals surface area contributed by atoms with Gasteiger partial charge >= 0.3 is 0 Å². The third-order valence-electron chi connectivity index (χ3n) is 4.03. The van der Waals surface area contributed by atoms with Gasteiger partial charge in [0.25, 0.3) is 0 Å². The van der Waals surface area contributed by atoms with E-state index < -0.39 is 5.54 Å². The van der Waals surface area contributed by atoms with E-state index in [4.69, 9.17) is 0 Å². The van der Waals surface area contributed by atoms with Gasteiger partial charge in [-0.15, -0.1) is 5.10 Å². The fourth-order valence-electron chi connectivity index (χ4n) is 2.11. The smallest absolute Gasteiger partial charge is 0.240 e. The van der Waals surface area contributed by atoms with E-state index in [2.05, 4.69) is 32.2 Å². The Morgan fingerprint density at radius 1 is 1.46 bits per heavy atom. The average molecular weight is 327 g/mol. The van der Waals surface area contributed by atoms with Crippen molar-refractivity contribution in [1.82, 2.24) is 25.5 Å². The molecular weight excluding hydrogens is 306 g/mol. The molecule has 0 aliphatic rings. The fraction of sp³-hybridized carbons (Fsp3) is 0.438. The summed E-state index contributed by atoms with van der Waals surface area (Å²) in [5, 5.41) is 26.2. The van der Waals surface area contributed by atoms with Gasteiger partial charge in [-0.05, 0) is 54.0 Å².